The lowest BCUT2D eigenvalue weighted by Crippen LogP contribution is -2.37. The molecule has 2 rings (SSSR count). The number of hydrogen-bond donors (Lipinski definition) is 0. The third-order valence-electron chi connectivity index (χ3n) is 5.07. The van der Waals surface area contributed by atoms with Crippen LogP contribution in [-0.4, -0.2) is 61.8 Å². The van der Waals surface area contributed by atoms with Crippen LogP contribution in [0.1, 0.15) is 45.2 Å². The Morgan fingerprint density at radius 1 is 1.12 bits per heavy atom. The molecule has 0 radical (unpaired) electrons. The van der Waals surface area contributed by atoms with Crippen LogP contribution in [0.25, 0.3) is 0 Å². The summed E-state index contributed by atoms with van der Waals surface area (Å²) in [6.45, 7) is 15.1. The van der Waals surface area contributed by atoms with Crippen molar-refractivity contribution in [3.63, 3.8) is 0 Å². The van der Waals surface area contributed by atoms with E-state index in [1.807, 2.05) is 0 Å². The number of hydrogen-bond acceptors (Lipinski definition) is 4. The van der Waals surface area contributed by atoms with E-state index in [0.717, 1.165) is 51.6 Å². The van der Waals surface area contributed by atoms with Gasteiger partial charge in [-0.15, -0.1) is 0 Å². The van der Waals surface area contributed by atoms with Gasteiger partial charge in [0.05, 0.1) is 20.3 Å². The Morgan fingerprint density at radius 2 is 1.80 bits per heavy atom. The highest BCUT2D eigenvalue weighted by Gasteiger charge is 2.16. The Morgan fingerprint density at radius 3 is 2.40 bits per heavy atom. The average molecular weight is 349 g/mol. The molecule has 4 heteroatoms. The summed E-state index contributed by atoms with van der Waals surface area (Å²) in [5, 5.41) is 0. The van der Waals surface area contributed by atoms with E-state index >= 15 is 0 Å². The van der Waals surface area contributed by atoms with Crippen LogP contribution in [0.5, 0.6) is 5.75 Å². The van der Waals surface area contributed by atoms with Crippen molar-refractivity contribution in [2.24, 2.45) is 0 Å². The first-order valence-electron chi connectivity index (χ1n) is 9.73. The maximum atomic E-state index is 5.61. The first kappa shape index (κ1) is 20.2. The van der Waals surface area contributed by atoms with Crippen LogP contribution in [0.15, 0.2) is 18.2 Å². The van der Waals surface area contributed by atoms with Crippen molar-refractivity contribution < 1.29 is 9.47 Å². The minimum Gasteiger partial charge on any atom is -0.496 e. The topological polar surface area (TPSA) is 24.9 Å². The molecular weight excluding hydrogens is 312 g/mol. The van der Waals surface area contributed by atoms with E-state index in [0.29, 0.717) is 12.1 Å². The molecule has 0 spiro atoms. The van der Waals surface area contributed by atoms with E-state index in [2.05, 4.69) is 55.7 Å². The molecule has 1 aliphatic rings. The van der Waals surface area contributed by atoms with Crippen LogP contribution in [0, 0.1) is 0 Å². The quantitative estimate of drug-likeness (QED) is 0.681. The standard InChI is InChI=1S/C21H36N2O2/c1-17(2)23(18(3)4)16-20-15-19(8-9-21(20)24-5)7-6-10-22-11-13-25-14-12-22/h8-9,15,17-18H,6-7,10-14,16H2,1-5H3. The van der Waals surface area contributed by atoms with Crippen molar-refractivity contribution in [1.82, 2.24) is 9.80 Å². The number of morpholine rings is 1. The van der Waals surface area contributed by atoms with Crippen LogP contribution < -0.4 is 4.74 Å². The summed E-state index contributed by atoms with van der Waals surface area (Å²) in [4.78, 5) is 5.02. The van der Waals surface area contributed by atoms with Gasteiger partial charge in [-0.3, -0.25) is 9.80 Å². The van der Waals surface area contributed by atoms with Crippen molar-refractivity contribution in [3.8, 4) is 5.75 Å². The van der Waals surface area contributed by atoms with Crippen LogP contribution in [-0.2, 0) is 17.7 Å². The number of aryl methyl sites for hydroxylation is 1. The summed E-state index contributed by atoms with van der Waals surface area (Å²) in [5.74, 6) is 1.00. The van der Waals surface area contributed by atoms with Gasteiger partial charge in [0, 0.05) is 37.3 Å². The highest BCUT2D eigenvalue weighted by atomic mass is 16.5. The molecule has 0 saturated carbocycles. The second-order valence-electron chi connectivity index (χ2n) is 7.56. The van der Waals surface area contributed by atoms with Gasteiger partial charge in [-0.2, -0.15) is 0 Å². The predicted molar refractivity (Wildman–Crippen MR) is 104 cm³/mol. The molecule has 1 fully saturated rings. The van der Waals surface area contributed by atoms with Gasteiger partial charge in [-0.25, -0.2) is 0 Å². The largest absolute Gasteiger partial charge is 0.496 e. The van der Waals surface area contributed by atoms with E-state index in [-0.39, 0.29) is 0 Å². The molecule has 1 heterocycles. The van der Waals surface area contributed by atoms with Gasteiger partial charge in [0.1, 0.15) is 5.75 Å². The highest BCUT2D eigenvalue weighted by molar-refractivity contribution is 5.37. The third kappa shape index (κ3) is 6.28. The molecule has 1 aliphatic heterocycles. The molecule has 0 unspecified atom stereocenters. The van der Waals surface area contributed by atoms with Crippen molar-refractivity contribution >= 4 is 0 Å². The minimum atomic E-state index is 0.523. The maximum Gasteiger partial charge on any atom is 0.123 e. The fourth-order valence-electron chi connectivity index (χ4n) is 3.60. The number of ether oxygens (including phenoxy) is 2. The molecule has 1 saturated heterocycles. The summed E-state index contributed by atoms with van der Waals surface area (Å²) in [5.41, 5.74) is 2.71. The fraction of sp³-hybridized carbons (Fsp3) is 0.714. The van der Waals surface area contributed by atoms with Gasteiger partial charge in [0.25, 0.3) is 0 Å². The Balaban J connectivity index is 1.97. The molecular formula is C21H36N2O2. The SMILES string of the molecule is COc1ccc(CCCN2CCOCC2)cc1CN(C(C)C)C(C)C. The monoisotopic (exact) mass is 348 g/mol. The second-order valence-corrected chi connectivity index (χ2v) is 7.56. The summed E-state index contributed by atoms with van der Waals surface area (Å²) in [7, 11) is 1.77. The molecule has 0 bridgehead atoms. The Hall–Kier alpha value is -1.10. The summed E-state index contributed by atoms with van der Waals surface area (Å²) in [6, 6.07) is 7.74. The molecule has 1 aromatic carbocycles. The average Bonchev–Trinajstić information content (AvgIpc) is 2.60. The lowest BCUT2D eigenvalue weighted by molar-refractivity contribution is 0.0374. The van der Waals surface area contributed by atoms with Crippen molar-refractivity contribution in [3.05, 3.63) is 29.3 Å². The molecule has 4 nitrogen and oxygen atoms in total. The van der Waals surface area contributed by atoms with Crippen molar-refractivity contribution in [2.75, 3.05) is 40.0 Å². The van der Waals surface area contributed by atoms with Crippen molar-refractivity contribution in [1.29, 1.82) is 0 Å². The van der Waals surface area contributed by atoms with Crippen LogP contribution in [0.4, 0.5) is 0 Å². The summed E-state index contributed by atoms with van der Waals surface area (Å²) in [6.07, 6.45) is 2.32. The molecule has 0 atom stereocenters. The summed E-state index contributed by atoms with van der Waals surface area (Å²) >= 11 is 0. The van der Waals surface area contributed by atoms with Gasteiger partial charge in [0.15, 0.2) is 0 Å². The molecule has 0 aliphatic carbocycles. The lowest BCUT2D eigenvalue weighted by Gasteiger charge is -2.31. The first-order chi connectivity index (χ1) is 12.0. The first-order valence-corrected chi connectivity index (χ1v) is 9.73. The number of benzene rings is 1. The van der Waals surface area contributed by atoms with E-state index in [1.54, 1.807) is 7.11 Å². The zero-order valence-corrected chi connectivity index (χ0v) is 16.8. The Labute approximate surface area is 154 Å². The van der Waals surface area contributed by atoms with Gasteiger partial charge < -0.3 is 9.47 Å². The van der Waals surface area contributed by atoms with E-state index < -0.39 is 0 Å². The number of rotatable bonds is 9. The molecule has 0 N–H and O–H groups in total. The molecule has 142 valence electrons. The predicted octanol–water partition coefficient (Wildman–Crippen LogP) is 3.58. The van der Waals surface area contributed by atoms with Gasteiger partial charge >= 0.3 is 0 Å². The third-order valence-corrected chi connectivity index (χ3v) is 5.07. The Kier molecular flexibility index (Phi) is 8.20. The zero-order valence-electron chi connectivity index (χ0n) is 16.8. The van der Waals surface area contributed by atoms with E-state index in [9.17, 15) is 0 Å². The number of methoxy groups -OCH3 is 1. The zero-order chi connectivity index (χ0) is 18.2. The van der Waals surface area contributed by atoms with E-state index in [1.165, 1.54) is 17.5 Å². The van der Waals surface area contributed by atoms with E-state index in [4.69, 9.17) is 9.47 Å². The van der Waals surface area contributed by atoms with Crippen LogP contribution >= 0.6 is 0 Å². The van der Waals surface area contributed by atoms with Crippen LogP contribution in [0.3, 0.4) is 0 Å². The number of nitrogens with zero attached hydrogens (tertiary/aromatic N) is 2. The molecule has 1 aromatic rings. The molecule has 0 aromatic heterocycles. The highest BCUT2D eigenvalue weighted by Crippen LogP contribution is 2.24. The Bertz CT molecular complexity index is 503. The fourth-order valence-corrected chi connectivity index (χ4v) is 3.60. The molecule has 25 heavy (non-hydrogen) atoms. The van der Waals surface area contributed by atoms with Gasteiger partial charge in [-0.05, 0) is 58.7 Å². The minimum absolute atomic E-state index is 0.523. The second kappa shape index (κ2) is 10.1. The van der Waals surface area contributed by atoms with Crippen molar-refractivity contribution in [2.45, 2.75) is 59.2 Å². The lowest BCUT2D eigenvalue weighted by atomic mass is 10.0. The molecule has 0 amide bonds. The normalized spacial score (nSPS) is 16.2. The van der Waals surface area contributed by atoms with Gasteiger partial charge in [0.2, 0.25) is 0 Å². The smallest absolute Gasteiger partial charge is 0.123 e. The summed E-state index contributed by atoms with van der Waals surface area (Å²) < 4.78 is 11.0. The van der Waals surface area contributed by atoms with Gasteiger partial charge in [-0.1, -0.05) is 12.1 Å². The maximum absolute atomic E-state index is 5.61. The van der Waals surface area contributed by atoms with Crippen LogP contribution in [0.2, 0.25) is 0 Å².